The number of benzene rings is 1. The lowest BCUT2D eigenvalue weighted by molar-refractivity contribution is 0.542. The van der Waals surface area contributed by atoms with Gasteiger partial charge in [-0.1, -0.05) is 24.3 Å². The second kappa shape index (κ2) is 5.78. The van der Waals surface area contributed by atoms with E-state index < -0.39 is 0 Å². The van der Waals surface area contributed by atoms with E-state index in [0.717, 1.165) is 24.1 Å². The molecule has 1 N–H and O–H groups in total. The van der Waals surface area contributed by atoms with E-state index in [9.17, 15) is 0 Å². The molecule has 0 spiro atoms. The molecule has 94 valence electrons. The number of hydrogen-bond donors (Lipinski definition) is 1. The number of allylic oxidation sites excluding steroid dienone is 1. The van der Waals surface area contributed by atoms with Gasteiger partial charge in [-0.25, -0.2) is 0 Å². The zero-order valence-corrected chi connectivity index (χ0v) is 11.1. The number of aryl methyl sites for hydroxylation is 1. The van der Waals surface area contributed by atoms with Gasteiger partial charge >= 0.3 is 0 Å². The lowest BCUT2D eigenvalue weighted by Gasteiger charge is -2.16. The number of aromatic nitrogens is 1. The van der Waals surface area contributed by atoms with Crippen LogP contribution in [0.15, 0.2) is 43.0 Å². The van der Waals surface area contributed by atoms with E-state index in [0.29, 0.717) is 6.04 Å². The van der Waals surface area contributed by atoms with E-state index >= 15 is 0 Å². The number of nitrogens with zero attached hydrogens (tertiary/aromatic N) is 1. The molecule has 2 heteroatoms. The molecule has 18 heavy (non-hydrogen) atoms. The molecule has 2 rings (SSSR count). The molecule has 2 nitrogen and oxygen atoms in total. The molecule has 0 fully saturated rings. The molecule has 2 aromatic rings. The lowest BCUT2D eigenvalue weighted by atomic mass is 10.0. The molecule has 0 radical (unpaired) electrons. The Labute approximate surface area is 109 Å². The molecule has 1 heterocycles. The molecule has 0 saturated carbocycles. The minimum absolute atomic E-state index is 0.298. The van der Waals surface area contributed by atoms with E-state index in [1.54, 1.807) is 0 Å². The molecule has 0 aliphatic carbocycles. The topological polar surface area (TPSA) is 24.9 Å². The van der Waals surface area contributed by atoms with Gasteiger partial charge in [0.2, 0.25) is 0 Å². The Morgan fingerprint density at radius 2 is 2.17 bits per heavy atom. The van der Waals surface area contributed by atoms with Gasteiger partial charge < -0.3 is 5.32 Å². The summed E-state index contributed by atoms with van der Waals surface area (Å²) in [6, 6.07) is 10.8. The highest BCUT2D eigenvalue weighted by Gasteiger charge is 2.11. The zero-order valence-electron chi connectivity index (χ0n) is 11.1. The second-order valence-corrected chi connectivity index (χ2v) is 4.59. The molecular formula is C16H20N2. The molecule has 0 bridgehead atoms. The van der Waals surface area contributed by atoms with Crippen molar-refractivity contribution in [2.75, 3.05) is 7.05 Å². The second-order valence-electron chi connectivity index (χ2n) is 4.59. The van der Waals surface area contributed by atoms with E-state index in [1.165, 1.54) is 10.9 Å². The Balaban J connectivity index is 2.41. The summed E-state index contributed by atoms with van der Waals surface area (Å²) in [6.45, 7) is 5.93. The van der Waals surface area contributed by atoms with Crippen molar-refractivity contribution in [3.63, 3.8) is 0 Å². The predicted octanol–water partition coefficient (Wildman–Crippen LogP) is 3.77. The highest BCUT2D eigenvalue weighted by atomic mass is 14.9. The first kappa shape index (κ1) is 12.8. The summed E-state index contributed by atoms with van der Waals surface area (Å²) >= 11 is 0. The van der Waals surface area contributed by atoms with Crippen LogP contribution in [0.3, 0.4) is 0 Å². The van der Waals surface area contributed by atoms with Crippen LogP contribution >= 0.6 is 0 Å². The van der Waals surface area contributed by atoms with Crippen LogP contribution < -0.4 is 5.32 Å². The molecule has 1 atom stereocenters. The average molecular weight is 240 g/mol. The molecule has 1 unspecified atom stereocenters. The van der Waals surface area contributed by atoms with E-state index in [2.05, 4.69) is 43.1 Å². The van der Waals surface area contributed by atoms with Crippen molar-refractivity contribution in [2.45, 2.75) is 25.8 Å². The Morgan fingerprint density at radius 1 is 1.39 bits per heavy atom. The SMILES string of the molecule is C=CCCC(NC)c1cc(C)c2ccccc2n1. The molecule has 0 aliphatic heterocycles. The van der Waals surface area contributed by atoms with Crippen molar-refractivity contribution in [3.05, 3.63) is 54.2 Å². The van der Waals surface area contributed by atoms with Crippen molar-refractivity contribution in [1.29, 1.82) is 0 Å². The third kappa shape index (κ3) is 2.59. The summed E-state index contributed by atoms with van der Waals surface area (Å²) in [5.74, 6) is 0. The van der Waals surface area contributed by atoms with Crippen molar-refractivity contribution < 1.29 is 0 Å². The zero-order chi connectivity index (χ0) is 13.0. The average Bonchev–Trinajstić information content (AvgIpc) is 2.40. The highest BCUT2D eigenvalue weighted by Crippen LogP contribution is 2.23. The Morgan fingerprint density at radius 3 is 2.89 bits per heavy atom. The fourth-order valence-corrected chi connectivity index (χ4v) is 2.28. The van der Waals surface area contributed by atoms with Gasteiger partial charge in [0.1, 0.15) is 0 Å². The third-order valence-electron chi connectivity index (χ3n) is 3.31. The highest BCUT2D eigenvalue weighted by molar-refractivity contribution is 5.82. The van der Waals surface area contributed by atoms with Crippen molar-refractivity contribution in [2.24, 2.45) is 0 Å². The van der Waals surface area contributed by atoms with Gasteiger partial charge in [-0.3, -0.25) is 4.98 Å². The third-order valence-corrected chi connectivity index (χ3v) is 3.31. The normalized spacial score (nSPS) is 12.6. The summed E-state index contributed by atoms with van der Waals surface area (Å²) in [6.07, 6.45) is 3.99. The maximum Gasteiger partial charge on any atom is 0.0708 e. The summed E-state index contributed by atoms with van der Waals surface area (Å²) in [4.78, 5) is 4.76. The maximum absolute atomic E-state index is 4.76. The minimum atomic E-state index is 0.298. The first-order chi connectivity index (χ1) is 8.76. The first-order valence-corrected chi connectivity index (χ1v) is 6.40. The van der Waals surface area contributed by atoms with Crippen molar-refractivity contribution in [3.8, 4) is 0 Å². The van der Waals surface area contributed by atoms with Crippen molar-refractivity contribution >= 4 is 10.9 Å². The monoisotopic (exact) mass is 240 g/mol. The number of hydrogen-bond acceptors (Lipinski definition) is 2. The van der Waals surface area contributed by atoms with E-state index in [-0.39, 0.29) is 0 Å². The molecule has 0 amide bonds. The van der Waals surface area contributed by atoms with Crippen LogP contribution in [0.5, 0.6) is 0 Å². The number of nitrogens with one attached hydrogen (secondary N) is 1. The van der Waals surface area contributed by atoms with Gasteiger partial charge in [0.05, 0.1) is 11.2 Å². The number of fused-ring (bicyclic) bond motifs is 1. The van der Waals surface area contributed by atoms with Gasteiger partial charge in [0.15, 0.2) is 0 Å². The standard InChI is InChI=1S/C16H20N2/c1-4-5-9-15(17-3)16-11-12(2)13-8-6-7-10-14(13)18-16/h4,6-8,10-11,15,17H,1,5,9H2,2-3H3. The van der Waals surface area contributed by atoms with Gasteiger partial charge in [0.25, 0.3) is 0 Å². The Hall–Kier alpha value is -1.67. The summed E-state index contributed by atoms with van der Waals surface area (Å²) in [5, 5.41) is 4.57. The van der Waals surface area contributed by atoms with Gasteiger partial charge in [0, 0.05) is 11.4 Å². The van der Waals surface area contributed by atoms with Crippen LogP contribution in [0.1, 0.15) is 30.1 Å². The first-order valence-electron chi connectivity index (χ1n) is 6.40. The van der Waals surface area contributed by atoms with Crippen LogP contribution in [0.4, 0.5) is 0 Å². The van der Waals surface area contributed by atoms with Crippen LogP contribution in [-0.4, -0.2) is 12.0 Å². The minimum Gasteiger partial charge on any atom is -0.312 e. The van der Waals surface area contributed by atoms with Crippen LogP contribution in [0, 0.1) is 6.92 Å². The molecule has 0 saturated heterocycles. The largest absolute Gasteiger partial charge is 0.312 e. The molecule has 1 aromatic carbocycles. The number of rotatable bonds is 5. The summed E-state index contributed by atoms with van der Waals surface area (Å²) < 4.78 is 0. The summed E-state index contributed by atoms with van der Waals surface area (Å²) in [7, 11) is 1.99. The predicted molar refractivity (Wildman–Crippen MR) is 77.7 cm³/mol. The van der Waals surface area contributed by atoms with Crippen molar-refractivity contribution in [1.82, 2.24) is 10.3 Å². The fraction of sp³-hybridized carbons (Fsp3) is 0.312. The summed E-state index contributed by atoms with van der Waals surface area (Å²) in [5.41, 5.74) is 3.48. The van der Waals surface area contributed by atoms with Gasteiger partial charge in [-0.15, -0.1) is 6.58 Å². The molecular weight excluding hydrogens is 220 g/mol. The molecule has 0 aliphatic rings. The van der Waals surface area contributed by atoms with E-state index in [4.69, 9.17) is 4.98 Å². The van der Waals surface area contributed by atoms with Gasteiger partial charge in [-0.2, -0.15) is 0 Å². The lowest BCUT2D eigenvalue weighted by Crippen LogP contribution is -2.17. The smallest absolute Gasteiger partial charge is 0.0708 e. The Kier molecular flexibility index (Phi) is 4.11. The quantitative estimate of drug-likeness (QED) is 0.805. The van der Waals surface area contributed by atoms with Crippen LogP contribution in [0.2, 0.25) is 0 Å². The number of para-hydroxylation sites is 1. The van der Waals surface area contributed by atoms with Crippen LogP contribution in [0.25, 0.3) is 10.9 Å². The van der Waals surface area contributed by atoms with Crippen LogP contribution in [-0.2, 0) is 0 Å². The van der Waals surface area contributed by atoms with E-state index in [1.807, 2.05) is 19.2 Å². The Bertz CT molecular complexity index is 546. The maximum atomic E-state index is 4.76. The molecule has 1 aromatic heterocycles. The fourth-order valence-electron chi connectivity index (χ4n) is 2.28. The van der Waals surface area contributed by atoms with Gasteiger partial charge in [-0.05, 0) is 44.5 Å². The number of pyridine rings is 1.